The quantitative estimate of drug-likeness (QED) is 0.610. The summed E-state index contributed by atoms with van der Waals surface area (Å²) in [6, 6.07) is 9.57. The zero-order chi connectivity index (χ0) is 13.6. The molecule has 19 heavy (non-hydrogen) atoms. The molecule has 0 N–H and O–H groups in total. The Bertz CT molecular complexity index is 783. The molecule has 2 heterocycles. The molecule has 4 heteroatoms. The summed E-state index contributed by atoms with van der Waals surface area (Å²) in [7, 11) is 0. The molecule has 0 aliphatic rings. The molecule has 0 aliphatic heterocycles. The Balaban J connectivity index is 2.15. The Kier molecular flexibility index (Phi) is 3.07. The highest BCUT2D eigenvalue weighted by molar-refractivity contribution is 9.10. The number of carbonyl (C=O) groups is 1. The van der Waals surface area contributed by atoms with Crippen LogP contribution in [-0.2, 0) is 0 Å². The fourth-order valence-electron chi connectivity index (χ4n) is 2.08. The van der Waals surface area contributed by atoms with E-state index in [0.717, 1.165) is 30.8 Å². The van der Waals surface area contributed by atoms with Crippen molar-refractivity contribution in [2.24, 2.45) is 0 Å². The van der Waals surface area contributed by atoms with Crippen LogP contribution in [-0.4, -0.2) is 5.78 Å². The molecule has 0 saturated carbocycles. The summed E-state index contributed by atoms with van der Waals surface area (Å²) in [6.45, 7) is 3.91. The van der Waals surface area contributed by atoms with Crippen molar-refractivity contribution < 1.29 is 9.21 Å². The van der Waals surface area contributed by atoms with E-state index in [9.17, 15) is 4.79 Å². The number of rotatable bonds is 2. The third-order valence-electron chi connectivity index (χ3n) is 3.07. The van der Waals surface area contributed by atoms with Crippen LogP contribution in [0.3, 0.4) is 0 Å². The minimum atomic E-state index is -0.0390. The molecule has 3 aromatic rings. The molecular formula is C15H11BrO2S. The van der Waals surface area contributed by atoms with Crippen LogP contribution < -0.4 is 0 Å². The van der Waals surface area contributed by atoms with Gasteiger partial charge in [-0.25, -0.2) is 0 Å². The second-order valence-corrected chi connectivity index (χ2v) is 6.64. The molecule has 0 atom stereocenters. The van der Waals surface area contributed by atoms with Crippen LogP contribution in [0.2, 0.25) is 0 Å². The van der Waals surface area contributed by atoms with E-state index in [-0.39, 0.29) is 5.78 Å². The zero-order valence-electron chi connectivity index (χ0n) is 10.5. The van der Waals surface area contributed by atoms with E-state index < -0.39 is 0 Å². The normalized spacial score (nSPS) is 11.1. The summed E-state index contributed by atoms with van der Waals surface area (Å²) < 4.78 is 6.70. The Hall–Kier alpha value is -1.39. The molecule has 3 rings (SSSR count). The lowest BCUT2D eigenvalue weighted by Crippen LogP contribution is -1.98. The van der Waals surface area contributed by atoms with E-state index in [2.05, 4.69) is 15.9 Å². The van der Waals surface area contributed by atoms with Crippen LogP contribution in [0.5, 0.6) is 0 Å². The Morgan fingerprint density at radius 3 is 2.68 bits per heavy atom. The van der Waals surface area contributed by atoms with E-state index in [1.54, 1.807) is 0 Å². The van der Waals surface area contributed by atoms with Crippen LogP contribution >= 0.6 is 27.3 Å². The summed E-state index contributed by atoms with van der Waals surface area (Å²) in [5.74, 6) is 0.401. The number of ketones is 1. The van der Waals surface area contributed by atoms with Gasteiger partial charge in [-0.15, -0.1) is 11.3 Å². The molecule has 0 amide bonds. The number of fused-ring (bicyclic) bond motifs is 1. The number of halogens is 1. The van der Waals surface area contributed by atoms with Crippen LogP contribution in [0, 0.1) is 13.8 Å². The third-order valence-corrected chi connectivity index (χ3v) is 4.56. The maximum Gasteiger partial charge on any atom is 0.238 e. The van der Waals surface area contributed by atoms with Gasteiger partial charge in [0.25, 0.3) is 0 Å². The highest BCUT2D eigenvalue weighted by Crippen LogP contribution is 2.30. The van der Waals surface area contributed by atoms with Gasteiger partial charge in [0.1, 0.15) is 5.58 Å². The Labute approximate surface area is 123 Å². The molecular weight excluding hydrogens is 324 g/mol. The van der Waals surface area contributed by atoms with Crippen molar-refractivity contribution in [2.75, 3.05) is 0 Å². The molecule has 2 nitrogen and oxygen atoms in total. The molecule has 0 bridgehead atoms. The van der Waals surface area contributed by atoms with Crippen LogP contribution in [0.15, 0.2) is 39.2 Å². The van der Waals surface area contributed by atoms with Gasteiger partial charge >= 0.3 is 0 Å². The van der Waals surface area contributed by atoms with Gasteiger partial charge in [0.2, 0.25) is 5.78 Å². The largest absolute Gasteiger partial charge is 0.452 e. The van der Waals surface area contributed by atoms with Gasteiger partial charge in [-0.05, 0) is 44.2 Å². The first-order valence-electron chi connectivity index (χ1n) is 5.86. The topological polar surface area (TPSA) is 30.2 Å². The first kappa shape index (κ1) is 12.6. The van der Waals surface area contributed by atoms with Crippen LogP contribution in [0.4, 0.5) is 0 Å². The smallest absolute Gasteiger partial charge is 0.238 e. The van der Waals surface area contributed by atoms with Crippen molar-refractivity contribution in [1.82, 2.24) is 0 Å². The maximum absolute atomic E-state index is 12.4. The van der Waals surface area contributed by atoms with E-state index in [1.165, 1.54) is 11.3 Å². The average Bonchev–Trinajstić information content (AvgIpc) is 2.94. The molecule has 2 aromatic heterocycles. The van der Waals surface area contributed by atoms with Crippen molar-refractivity contribution >= 4 is 44.0 Å². The van der Waals surface area contributed by atoms with Crippen LogP contribution in [0.1, 0.15) is 25.9 Å². The lowest BCUT2D eigenvalue weighted by atomic mass is 10.1. The first-order valence-corrected chi connectivity index (χ1v) is 7.47. The minimum Gasteiger partial charge on any atom is -0.452 e. The predicted octanol–water partition coefficient (Wildman–Crippen LogP) is 5.10. The third kappa shape index (κ3) is 2.15. The summed E-state index contributed by atoms with van der Waals surface area (Å²) in [5, 5.41) is 0.978. The summed E-state index contributed by atoms with van der Waals surface area (Å²) in [6.07, 6.45) is 0. The van der Waals surface area contributed by atoms with Gasteiger partial charge in [0.05, 0.1) is 4.88 Å². The highest BCUT2D eigenvalue weighted by atomic mass is 79.9. The van der Waals surface area contributed by atoms with E-state index in [0.29, 0.717) is 5.76 Å². The Morgan fingerprint density at radius 1 is 1.21 bits per heavy atom. The van der Waals surface area contributed by atoms with Gasteiger partial charge in [-0.2, -0.15) is 0 Å². The van der Waals surface area contributed by atoms with Gasteiger partial charge in [-0.3, -0.25) is 4.79 Å². The number of hydrogen-bond donors (Lipinski definition) is 0. The van der Waals surface area contributed by atoms with E-state index >= 15 is 0 Å². The Morgan fingerprint density at radius 2 is 2.00 bits per heavy atom. The second kappa shape index (κ2) is 4.62. The lowest BCUT2D eigenvalue weighted by molar-refractivity contribution is 0.101. The highest BCUT2D eigenvalue weighted by Gasteiger charge is 2.20. The van der Waals surface area contributed by atoms with E-state index in [1.807, 2.05) is 44.2 Å². The van der Waals surface area contributed by atoms with Gasteiger partial charge in [0.15, 0.2) is 5.76 Å². The summed E-state index contributed by atoms with van der Waals surface area (Å²) in [4.78, 5) is 14.3. The molecule has 0 spiro atoms. The fraction of sp³-hybridized carbons (Fsp3) is 0.133. The molecule has 0 radical (unpaired) electrons. The number of thiophene rings is 1. The lowest BCUT2D eigenvalue weighted by Gasteiger charge is -1.94. The molecule has 96 valence electrons. The summed E-state index contributed by atoms with van der Waals surface area (Å²) >= 11 is 4.93. The van der Waals surface area contributed by atoms with Crippen molar-refractivity contribution in [3.63, 3.8) is 0 Å². The zero-order valence-corrected chi connectivity index (χ0v) is 12.9. The standard InChI is InChI=1S/C15H11BrO2S/c1-8-3-6-13(19-8)14(17)15-9(2)11-7-10(16)4-5-12(11)18-15/h3-7H,1-2H3. The SMILES string of the molecule is Cc1ccc(C(=O)c2oc3ccc(Br)cc3c2C)s1. The number of furan rings is 1. The van der Waals surface area contributed by atoms with Gasteiger partial charge in [0, 0.05) is 20.3 Å². The van der Waals surface area contributed by atoms with Crippen molar-refractivity contribution in [1.29, 1.82) is 0 Å². The molecule has 0 aliphatic carbocycles. The van der Waals surface area contributed by atoms with Crippen molar-refractivity contribution in [2.45, 2.75) is 13.8 Å². The molecule has 0 saturated heterocycles. The molecule has 0 fully saturated rings. The number of carbonyl (C=O) groups excluding carboxylic acids is 1. The second-order valence-electron chi connectivity index (χ2n) is 4.44. The van der Waals surface area contributed by atoms with Gasteiger partial charge < -0.3 is 4.42 Å². The number of benzene rings is 1. The van der Waals surface area contributed by atoms with Crippen LogP contribution in [0.25, 0.3) is 11.0 Å². The predicted molar refractivity (Wildman–Crippen MR) is 81.1 cm³/mol. The fourth-order valence-corrected chi connectivity index (χ4v) is 3.24. The maximum atomic E-state index is 12.4. The first-order chi connectivity index (χ1) is 9.06. The van der Waals surface area contributed by atoms with Crippen molar-refractivity contribution in [3.05, 3.63) is 55.9 Å². The molecule has 1 aromatic carbocycles. The number of hydrogen-bond acceptors (Lipinski definition) is 3. The summed E-state index contributed by atoms with van der Waals surface area (Å²) in [5.41, 5.74) is 1.64. The van der Waals surface area contributed by atoms with Crippen molar-refractivity contribution in [3.8, 4) is 0 Å². The van der Waals surface area contributed by atoms with E-state index in [4.69, 9.17) is 4.42 Å². The molecule has 0 unspecified atom stereocenters. The minimum absolute atomic E-state index is 0.0390. The van der Waals surface area contributed by atoms with Gasteiger partial charge in [-0.1, -0.05) is 15.9 Å². The number of aryl methyl sites for hydroxylation is 2. The monoisotopic (exact) mass is 334 g/mol. The average molecular weight is 335 g/mol.